The molecule has 1 aliphatic heterocycles. The molecule has 0 aliphatic carbocycles. The number of ether oxygens (including phenoxy) is 1. The molecule has 2 heterocycles. The summed E-state index contributed by atoms with van der Waals surface area (Å²) < 4.78 is 4.72. The van der Waals surface area contributed by atoms with Gasteiger partial charge in [0.25, 0.3) is 0 Å². The number of thiophene rings is 1. The Hall–Kier alpha value is -1.36. The van der Waals surface area contributed by atoms with E-state index in [1.807, 2.05) is 16.3 Å². The standard InChI is InChI=1S/C15H21NO3S/c1-19-15(18)11-12-5-2-3-9-16(12)14(17)8-7-13-6-4-10-20-13/h4,6,10,12H,2-3,5,7-9,11H2,1H3. The molecule has 0 spiro atoms. The van der Waals surface area contributed by atoms with E-state index in [1.165, 1.54) is 12.0 Å². The van der Waals surface area contributed by atoms with Crippen LogP contribution in [0.25, 0.3) is 0 Å². The third-order valence-corrected chi connectivity index (χ3v) is 4.68. The number of amides is 1. The highest BCUT2D eigenvalue weighted by Crippen LogP contribution is 2.22. The molecule has 1 aromatic rings. The molecule has 0 N–H and O–H groups in total. The SMILES string of the molecule is COC(=O)CC1CCCCN1C(=O)CCc1cccs1. The molecular weight excluding hydrogens is 274 g/mol. The minimum atomic E-state index is -0.229. The molecular formula is C15H21NO3S. The number of piperidine rings is 1. The number of esters is 1. The molecule has 1 aliphatic rings. The van der Waals surface area contributed by atoms with Crippen LogP contribution < -0.4 is 0 Å². The fourth-order valence-corrected chi connectivity index (χ4v) is 3.35. The van der Waals surface area contributed by atoms with Crippen LogP contribution in [0.3, 0.4) is 0 Å². The third-order valence-electron chi connectivity index (χ3n) is 3.74. The maximum absolute atomic E-state index is 12.4. The number of rotatable bonds is 5. The molecule has 1 fully saturated rings. The Kier molecular flexibility index (Phi) is 5.59. The zero-order valence-corrected chi connectivity index (χ0v) is 12.7. The fraction of sp³-hybridized carbons (Fsp3) is 0.600. The smallest absolute Gasteiger partial charge is 0.307 e. The first kappa shape index (κ1) is 15.0. The number of hydrogen-bond donors (Lipinski definition) is 0. The van der Waals surface area contributed by atoms with Gasteiger partial charge in [-0.3, -0.25) is 9.59 Å². The number of likely N-dealkylation sites (tertiary alicyclic amines) is 1. The maximum atomic E-state index is 12.4. The van der Waals surface area contributed by atoms with Gasteiger partial charge >= 0.3 is 5.97 Å². The van der Waals surface area contributed by atoms with E-state index in [1.54, 1.807) is 11.3 Å². The van der Waals surface area contributed by atoms with E-state index in [4.69, 9.17) is 4.74 Å². The van der Waals surface area contributed by atoms with Gasteiger partial charge in [0, 0.05) is 23.9 Å². The molecule has 4 nitrogen and oxygen atoms in total. The van der Waals surface area contributed by atoms with Crippen LogP contribution in [0.4, 0.5) is 0 Å². The molecule has 0 radical (unpaired) electrons. The lowest BCUT2D eigenvalue weighted by atomic mass is 9.98. The van der Waals surface area contributed by atoms with Gasteiger partial charge < -0.3 is 9.64 Å². The topological polar surface area (TPSA) is 46.6 Å². The van der Waals surface area contributed by atoms with Gasteiger partial charge in [0.05, 0.1) is 13.5 Å². The van der Waals surface area contributed by atoms with Gasteiger partial charge in [-0.05, 0) is 37.1 Å². The van der Waals surface area contributed by atoms with Gasteiger partial charge in [-0.2, -0.15) is 0 Å². The summed E-state index contributed by atoms with van der Waals surface area (Å²) in [5.74, 6) is -0.0695. The number of methoxy groups -OCH3 is 1. The van der Waals surface area contributed by atoms with E-state index in [0.717, 1.165) is 32.2 Å². The number of nitrogens with zero attached hydrogens (tertiary/aromatic N) is 1. The minimum Gasteiger partial charge on any atom is -0.469 e. The van der Waals surface area contributed by atoms with Crippen molar-refractivity contribution in [1.29, 1.82) is 0 Å². The third kappa shape index (κ3) is 4.07. The summed E-state index contributed by atoms with van der Waals surface area (Å²) in [6.45, 7) is 0.769. The van der Waals surface area contributed by atoms with Crippen molar-refractivity contribution in [3.63, 3.8) is 0 Å². The predicted molar refractivity (Wildman–Crippen MR) is 78.6 cm³/mol. The second-order valence-electron chi connectivity index (χ2n) is 5.10. The van der Waals surface area contributed by atoms with E-state index in [9.17, 15) is 9.59 Å². The molecule has 1 aromatic heterocycles. The molecule has 2 rings (SSSR count). The van der Waals surface area contributed by atoms with Crippen molar-refractivity contribution in [2.75, 3.05) is 13.7 Å². The highest BCUT2D eigenvalue weighted by atomic mass is 32.1. The molecule has 0 saturated carbocycles. The summed E-state index contributed by atoms with van der Waals surface area (Å²) in [5.41, 5.74) is 0. The average Bonchev–Trinajstić information content (AvgIpc) is 2.98. The summed E-state index contributed by atoms with van der Waals surface area (Å²) >= 11 is 1.68. The van der Waals surface area contributed by atoms with Crippen LogP contribution in [0.2, 0.25) is 0 Å². The van der Waals surface area contributed by atoms with E-state index < -0.39 is 0 Å². The number of hydrogen-bond acceptors (Lipinski definition) is 4. The molecule has 1 amide bonds. The summed E-state index contributed by atoms with van der Waals surface area (Å²) in [5, 5.41) is 2.03. The summed E-state index contributed by atoms with van der Waals surface area (Å²) in [4.78, 5) is 26.9. The number of carbonyl (C=O) groups excluding carboxylic acids is 2. The van der Waals surface area contributed by atoms with Gasteiger partial charge in [0.1, 0.15) is 0 Å². The lowest BCUT2D eigenvalue weighted by molar-refractivity contribution is -0.144. The van der Waals surface area contributed by atoms with E-state index in [2.05, 4.69) is 6.07 Å². The van der Waals surface area contributed by atoms with Gasteiger partial charge in [0.2, 0.25) is 5.91 Å². The Labute approximate surface area is 123 Å². The first-order valence-corrected chi connectivity index (χ1v) is 7.97. The monoisotopic (exact) mass is 295 g/mol. The summed E-state index contributed by atoms with van der Waals surface area (Å²) in [7, 11) is 1.40. The largest absolute Gasteiger partial charge is 0.469 e. The second-order valence-corrected chi connectivity index (χ2v) is 6.13. The normalized spacial score (nSPS) is 18.9. The van der Waals surface area contributed by atoms with Gasteiger partial charge in [-0.25, -0.2) is 0 Å². The van der Waals surface area contributed by atoms with Crippen molar-refractivity contribution in [3.8, 4) is 0 Å². The van der Waals surface area contributed by atoms with Crippen molar-refractivity contribution >= 4 is 23.2 Å². The lowest BCUT2D eigenvalue weighted by Crippen LogP contribution is -2.44. The Morgan fingerprint density at radius 2 is 2.30 bits per heavy atom. The molecule has 1 atom stereocenters. The van der Waals surface area contributed by atoms with Crippen LogP contribution >= 0.6 is 11.3 Å². The average molecular weight is 295 g/mol. The number of carbonyl (C=O) groups is 2. The van der Waals surface area contributed by atoms with Crippen LogP contribution in [0.1, 0.15) is 37.0 Å². The van der Waals surface area contributed by atoms with Crippen molar-refractivity contribution < 1.29 is 14.3 Å². The second kappa shape index (κ2) is 7.43. The first-order valence-electron chi connectivity index (χ1n) is 7.09. The predicted octanol–water partition coefficient (Wildman–Crippen LogP) is 2.62. The lowest BCUT2D eigenvalue weighted by Gasteiger charge is -2.35. The summed E-state index contributed by atoms with van der Waals surface area (Å²) in [6.07, 6.45) is 4.65. The fourth-order valence-electron chi connectivity index (χ4n) is 2.65. The Morgan fingerprint density at radius 3 is 3.00 bits per heavy atom. The van der Waals surface area contributed by atoms with Crippen LogP contribution in [0.5, 0.6) is 0 Å². The minimum absolute atomic E-state index is 0.0204. The molecule has 0 aromatic carbocycles. The van der Waals surface area contributed by atoms with E-state index >= 15 is 0 Å². The molecule has 0 bridgehead atoms. The molecule has 5 heteroatoms. The highest BCUT2D eigenvalue weighted by molar-refractivity contribution is 7.09. The Balaban J connectivity index is 1.89. The van der Waals surface area contributed by atoms with Crippen LogP contribution in [0.15, 0.2) is 17.5 Å². The van der Waals surface area contributed by atoms with E-state index in [0.29, 0.717) is 12.8 Å². The van der Waals surface area contributed by atoms with Crippen LogP contribution in [-0.4, -0.2) is 36.5 Å². The van der Waals surface area contributed by atoms with Crippen molar-refractivity contribution in [1.82, 2.24) is 4.90 Å². The van der Waals surface area contributed by atoms with Crippen LogP contribution in [0, 0.1) is 0 Å². The van der Waals surface area contributed by atoms with Gasteiger partial charge in [0.15, 0.2) is 0 Å². The zero-order chi connectivity index (χ0) is 14.4. The van der Waals surface area contributed by atoms with Crippen LogP contribution in [-0.2, 0) is 20.7 Å². The van der Waals surface area contributed by atoms with Gasteiger partial charge in [-0.15, -0.1) is 11.3 Å². The molecule has 1 unspecified atom stereocenters. The van der Waals surface area contributed by atoms with E-state index in [-0.39, 0.29) is 17.9 Å². The van der Waals surface area contributed by atoms with Crippen molar-refractivity contribution in [2.24, 2.45) is 0 Å². The molecule has 110 valence electrons. The zero-order valence-electron chi connectivity index (χ0n) is 11.8. The molecule has 20 heavy (non-hydrogen) atoms. The Morgan fingerprint density at radius 1 is 1.45 bits per heavy atom. The summed E-state index contributed by atoms with van der Waals surface area (Å²) in [6, 6.07) is 4.08. The highest BCUT2D eigenvalue weighted by Gasteiger charge is 2.28. The quantitative estimate of drug-likeness (QED) is 0.785. The maximum Gasteiger partial charge on any atom is 0.307 e. The first-order chi connectivity index (χ1) is 9.70. The van der Waals surface area contributed by atoms with Crippen molar-refractivity contribution in [2.45, 2.75) is 44.6 Å². The Bertz CT molecular complexity index is 444. The van der Waals surface area contributed by atoms with Crippen molar-refractivity contribution in [3.05, 3.63) is 22.4 Å². The molecule has 1 saturated heterocycles. The van der Waals surface area contributed by atoms with Gasteiger partial charge in [-0.1, -0.05) is 6.07 Å². The number of aryl methyl sites for hydroxylation is 1.